The fraction of sp³-hybridized carbons (Fsp3) is 0.455. The Balaban J connectivity index is 1.59. The first-order valence-corrected chi connectivity index (χ1v) is 10.2. The van der Waals surface area contributed by atoms with Crippen molar-refractivity contribution in [2.24, 2.45) is 14.1 Å². The van der Waals surface area contributed by atoms with Crippen LogP contribution in [-0.4, -0.2) is 51.3 Å². The summed E-state index contributed by atoms with van der Waals surface area (Å²) in [5.41, 5.74) is 3.88. The molecule has 1 aliphatic heterocycles. The summed E-state index contributed by atoms with van der Waals surface area (Å²) in [5, 5.41) is 5.64. The molecule has 0 aliphatic carbocycles. The van der Waals surface area contributed by atoms with Crippen molar-refractivity contribution in [2.75, 3.05) is 26.2 Å². The third-order valence-electron chi connectivity index (χ3n) is 6.07. The molecule has 1 aliphatic rings. The SMILES string of the molecule is Cc1cc(C(=O)N(CC[NH+]2CCCC2)Cc2cc3ccccc3n2C)nn1C. The van der Waals surface area contributed by atoms with Crippen LogP contribution < -0.4 is 4.90 Å². The lowest BCUT2D eigenvalue weighted by molar-refractivity contribution is -0.886. The number of amides is 1. The van der Waals surface area contributed by atoms with Crippen LogP contribution in [0.1, 0.15) is 34.7 Å². The van der Waals surface area contributed by atoms with E-state index in [2.05, 4.69) is 47.0 Å². The summed E-state index contributed by atoms with van der Waals surface area (Å²) in [6.07, 6.45) is 2.60. The predicted molar refractivity (Wildman–Crippen MR) is 110 cm³/mol. The van der Waals surface area contributed by atoms with Crippen LogP contribution in [0.2, 0.25) is 0 Å². The first-order valence-electron chi connectivity index (χ1n) is 10.2. The van der Waals surface area contributed by atoms with Gasteiger partial charge in [-0.25, -0.2) is 0 Å². The van der Waals surface area contributed by atoms with E-state index in [-0.39, 0.29) is 5.91 Å². The van der Waals surface area contributed by atoms with Gasteiger partial charge >= 0.3 is 0 Å². The second-order valence-corrected chi connectivity index (χ2v) is 7.98. The Morgan fingerprint density at radius 2 is 1.93 bits per heavy atom. The van der Waals surface area contributed by atoms with Gasteiger partial charge in [0.25, 0.3) is 5.91 Å². The van der Waals surface area contributed by atoms with Crippen LogP contribution in [0.15, 0.2) is 36.4 Å². The molecule has 6 nitrogen and oxygen atoms in total. The van der Waals surface area contributed by atoms with Crippen LogP contribution in [0.3, 0.4) is 0 Å². The Labute approximate surface area is 166 Å². The first-order chi connectivity index (χ1) is 13.5. The maximum Gasteiger partial charge on any atom is 0.274 e. The molecule has 1 N–H and O–H groups in total. The standard InChI is InChI=1S/C22H29N5O/c1-17-14-20(23-25(17)3)22(28)27(13-12-26-10-6-7-11-26)16-19-15-18-8-4-5-9-21(18)24(19)2/h4-5,8-9,14-15H,6-7,10-13,16H2,1-3H3/p+1. The molecular weight excluding hydrogens is 350 g/mol. The molecule has 0 unspecified atom stereocenters. The van der Waals surface area contributed by atoms with Gasteiger partial charge in [-0.1, -0.05) is 18.2 Å². The van der Waals surface area contributed by atoms with Gasteiger partial charge in [-0.15, -0.1) is 0 Å². The number of quaternary nitrogens is 1. The summed E-state index contributed by atoms with van der Waals surface area (Å²) in [4.78, 5) is 16.9. The number of para-hydroxylation sites is 1. The van der Waals surface area contributed by atoms with Crippen molar-refractivity contribution in [1.82, 2.24) is 19.2 Å². The van der Waals surface area contributed by atoms with Gasteiger partial charge in [0.15, 0.2) is 5.69 Å². The first kappa shape index (κ1) is 18.7. The van der Waals surface area contributed by atoms with Gasteiger partial charge in [0.1, 0.15) is 0 Å². The smallest absolute Gasteiger partial charge is 0.274 e. The molecule has 148 valence electrons. The highest BCUT2D eigenvalue weighted by atomic mass is 16.2. The Morgan fingerprint density at radius 1 is 1.18 bits per heavy atom. The van der Waals surface area contributed by atoms with Crippen LogP contribution >= 0.6 is 0 Å². The molecule has 2 aromatic heterocycles. The Kier molecular flexibility index (Phi) is 5.22. The summed E-state index contributed by atoms with van der Waals surface area (Å²) < 4.78 is 3.97. The van der Waals surface area contributed by atoms with Crippen molar-refractivity contribution in [3.05, 3.63) is 53.5 Å². The van der Waals surface area contributed by atoms with Gasteiger partial charge in [0, 0.05) is 43.8 Å². The zero-order valence-corrected chi connectivity index (χ0v) is 17.1. The van der Waals surface area contributed by atoms with E-state index in [1.165, 1.54) is 36.8 Å². The highest BCUT2D eigenvalue weighted by Crippen LogP contribution is 2.20. The van der Waals surface area contributed by atoms with Crippen molar-refractivity contribution in [3.63, 3.8) is 0 Å². The summed E-state index contributed by atoms with van der Waals surface area (Å²) in [7, 11) is 3.96. The average molecular weight is 381 g/mol. The number of rotatable bonds is 6. The minimum absolute atomic E-state index is 0.0209. The zero-order chi connectivity index (χ0) is 19.7. The average Bonchev–Trinajstić information content (AvgIpc) is 3.40. The summed E-state index contributed by atoms with van der Waals surface area (Å²) in [6.45, 7) is 6.78. The highest BCUT2D eigenvalue weighted by Gasteiger charge is 2.24. The Hall–Kier alpha value is -2.60. The van der Waals surface area contributed by atoms with E-state index >= 15 is 0 Å². The maximum atomic E-state index is 13.3. The van der Waals surface area contributed by atoms with Crippen molar-refractivity contribution >= 4 is 16.8 Å². The van der Waals surface area contributed by atoms with Crippen LogP contribution in [0, 0.1) is 6.92 Å². The monoisotopic (exact) mass is 380 g/mol. The van der Waals surface area contributed by atoms with Crippen molar-refractivity contribution in [2.45, 2.75) is 26.3 Å². The molecule has 1 amide bonds. The molecule has 6 heteroatoms. The van der Waals surface area contributed by atoms with E-state index in [1.807, 2.05) is 24.9 Å². The van der Waals surface area contributed by atoms with Crippen LogP contribution in [0.4, 0.5) is 0 Å². The normalized spacial score (nSPS) is 14.8. The summed E-state index contributed by atoms with van der Waals surface area (Å²) in [5.74, 6) is 0.0209. The Morgan fingerprint density at radius 3 is 2.61 bits per heavy atom. The van der Waals surface area contributed by atoms with Gasteiger partial charge in [-0.3, -0.25) is 9.48 Å². The molecule has 0 saturated carbocycles. The molecular formula is C22H30N5O+. The van der Waals surface area contributed by atoms with Crippen molar-refractivity contribution in [3.8, 4) is 0 Å². The number of carbonyl (C=O) groups excluding carboxylic acids is 1. The topological polar surface area (TPSA) is 47.5 Å². The van der Waals surface area contributed by atoms with Crippen molar-refractivity contribution < 1.29 is 9.69 Å². The summed E-state index contributed by atoms with van der Waals surface area (Å²) >= 11 is 0. The number of hydrogen-bond donors (Lipinski definition) is 1. The van der Waals surface area contributed by atoms with Gasteiger partial charge < -0.3 is 14.4 Å². The molecule has 1 saturated heterocycles. The Bertz CT molecular complexity index is 961. The van der Waals surface area contributed by atoms with Gasteiger partial charge in [-0.05, 0) is 30.5 Å². The highest BCUT2D eigenvalue weighted by molar-refractivity contribution is 5.92. The van der Waals surface area contributed by atoms with E-state index in [4.69, 9.17) is 0 Å². The predicted octanol–water partition coefficient (Wildman–Crippen LogP) is 1.54. The number of benzene rings is 1. The fourth-order valence-corrected chi connectivity index (χ4v) is 4.19. The number of hydrogen-bond acceptors (Lipinski definition) is 2. The molecule has 1 aromatic carbocycles. The number of aryl methyl sites for hydroxylation is 3. The fourth-order valence-electron chi connectivity index (χ4n) is 4.19. The quantitative estimate of drug-likeness (QED) is 0.705. The number of nitrogens with zero attached hydrogens (tertiary/aromatic N) is 4. The largest absolute Gasteiger partial charge is 0.346 e. The number of nitrogens with one attached hydrogen (secondary N) is 1. The van der Waals surface area contributed by atoms with E-state index in [0.29, 0.717) is 12.2 Å². The van der Waals surface area contributed by atoms with Crippen molar-refractivity contribution in [1.29, 1.82) is 0 Å². The number of likely N-dealkylation sites (tertiary alicyclic amines) is 1. The lowest BCUT2D eigenvalue weighted by Crippen LogP contribution is -3.10. The summed E-state index contributed by atoms with van der Waals surface area (Å²) in [6, 6.07) is 12.5. The third-order valence-corrected chi connectivity index (χ3v) is 6.07. The molecule has 28 heavy (non-hydrogen) atoms. The number of aromatic nitrogens is 3. The zero-order valence-electron chi connectivity index (χ0n) is 17.1. The van der Waals surface area contributed by atoms with Crippen LogP contribution in [-0.2, 0) is 20.6 Å². The third kappa shape index (κ3) is 3.69. The molecule has 4 rings (SSSR count). The number of fused-ring (bicyclic) bond motifs is 1. The van der Waals surface area contributed by atoms with E-state index < -0.39 is 0 Å². The molecule has 0 radical (unpaired) electrons. The lowest BCUT2D eigenvalue weighted by atomic mass is 10.2. The van der Waals surface area contributed by atoms with E-state index in [9.17, 15) is 4.79 Å². The van der Waals surface area contributed by atoms with Crippen LogP contribution in [0.5, 0.6) is 0 Å². The van der Waals surface area contributed by atoms with Gasteiger partial charge in [0.2, 0.25) is 0 Å². The van der Waals surface area contributed by atoms with Gasteiger partial charge in [0.05, 0.1) is 32.7 Å². The maximum absolute atomic E-state index is 13.3. The molecule has 3 aromatic rings. The molecule has 3 heterocycles. The van der Waals surface area contributed by atoms with E-state index in [0.717, 1.165) is 24.5 Å². The van der Waals surface area contributed by atoms with Crippen LogP contribution in [0.25, 0.3) is 10.9 Å². The minimum atomic E-state index is 0.0209. The van der Waals surface area contributed by atoms with E-state index in [1.54, 1.807) is 9.58 Å². The molecule has 0 spiro atoms. The minimum Gasteiger partial charge on any atom is -0.346 e. The lowest BCUT2D eigenvalue weighted by Gasteiger charge is -2.24. The molecule has 0 atom stereocenters. The second-order valence-electron chi connectivity index (χ2n) is 7.98. The molecule has 0 bridgehead atoms. The number of carbonyl (C=O) groups is 1. The second kappa shape index (κ2) is 7.80. The van der Waals surface area contributed by atoms with Gasteiger partial charge in [-0.2, -0.15) is 5.10 Å². The molecule has 1 fully saturated rings.